The van der Waals surface area contributed by atoms with Crippen molar-refractivity contribution >= 4 is 32.5 Å². The zero-order valence-corrected chi connectivity index (χ0v) is 10.2. The first-order valence-corrected chi connectivity index (χ1v) is 3.33. The molecular formula is C6H12BiO6. The minimum absolute atomic E-state index is 0. The van der Waals surface area contributed by atoms with E-state index in [9.17, 15) is 4.79 Å². The molecule has 7 heteroatoms. The van der Waals surface area contributed by atoms with E-state index in [2.05, 4.69) is 0 Å². The van der Waals surface area contributed by atoms with Gasteiger partial charge in [-0.2, -0.15) is 0 Å². The van der Waals surface area contributed by atoms with Crippen LogP contribution in [-0.2, 0) is 4.79 Å². The van der Waals surface area contributed by atoms with Gasteiger partial charge in [0.2, 0.25) is 0 Å². The summed E-state index contributed by atoms with van der Waals surface area (Å²) in [7, 11) is 0. The van der Waals surface area contributed by atoms with Gasteiger partial charge in [0.25, 0.3) is 0 Å². The van der Waals surface area contributed by atoms with Crippen LogP contribution in [0.1, 0.15) is 0 Å². The topological polar surface area (TPSA) is 118 Å². The average molecular weight is 389 g/mol. The van der Waals surface area contributed by atoms with Crippen LogP contribution >= 0.6 is 0 Å². The molecular weight excluding hydrogens is 377 g/mol. The van der Waals surface area contributed by atoms with E-state index in [1.54, 1.807) is 0 Å². The summed E-state index contributed by atoms with van der Waals surface area (Å²) in [5, 5.41) is 43.5. The molecule has 0 heterocycles. The van der Waals surface area contributed by atoms with E-state index in [0.717, 1.165) is 0 Å². The van der Waals surface area contributed by atoms with Gasteiger partial charge in [0.15, 0.2) is 6.29 Å². The number of carbonyl (C=O) groups is 1. The van der Waals surface area contributed by atoms with Crippen LogP contribution < -0.4 is 0 Å². The number of hydrogen-bond acceptors (Lipinski definition) is 6. The van der Waals surface area contributed by atoms with Gasteiger partial charge < -0.3 is 30.3 Å². The average Bonchev–Trinajstić information content (AvgIpc) is 2.12. The molecule has 0 aliphatic heterocycles. The Hall–Kier alpha value is 0.353. The molecule has 0 aromatic rings. The van der Waals surface area contributed by atoms with Gasteiger partial charge in [0, 0.05) is 26.2 Å². The van der Waals surface area contributed by atoms with Crippen LogP contribution in [-0.4, -0.2) is 89.0 Å². The smallest absolute Gasteiger partial charge is 0.151 e. The summed E-state index contributed by atoms with van der Waals surface area (Å²) in [4.78, 5) is 9.90. The summed E-state index contributed by atoms with van der Waals surface area (Å²) in [6.07, 6.45) is -6.84. The van der Waals surface area contributed by atoms with E-state index in [1.165, 1.54) is 0 Å². The normalized spacial score (nSPS) is 19.5. The Bertz CT molecular complexity index is 143. The quantitative estimate of drug-likeness (QED) is 0.244. The Labute approximate surface area is 93.9 Å². The van der Waals surface area contributed by atoms with Crippen molar-refractivity contribution in [2.45, 2.75) is 24.4 Å². The molecule has 0 aromatic carbocycles. The summed E-state index contributed by atoms with van der Waals surface area (Å²) < 4.78 is 0. The molecule has 13 heavy (non-hydrogen) atoms. The fourth-order valence-electron chi connectivity index (χ4n) is 0.618. The molecule has 0 aromatic heterocycles. The number of aliphatic hydroxyl groups excluding tert-OH is 5. The van der Waals surface area contributed by atoms with Gasteiger partial charge in [-0.1, -0.05) is 0 Å². The first-order valence-electron chi connectivity index (χ1n) is 3.33. The molecule has 0 aliphatic carbocycles. The van der Waals surface area contributed by atoms with Crippen molar-refractivity contribution in [2.24, 2.45) is 0 Å². The van der Waals surface area contributed by atoms with Crippen molar-refractivity contribution in [3.8, 4) is 0 Å². The van der Waals surface area contributed by atoms with Gasteiger partial charge in [0.1, 0.15) is 24.4 Å². The number of rotatable bonds is 5. The predicted molar refractivity (Wildman–Crippen MR) is 42.9 cm³/mol. The van der Waals surface area contributed by atoms with E-state index < -0.39 is 31.0 Å². The zero-order chi connectivity index (χ0) is 9.72. The van der Waals surface area contributed by atoms with Crippen molar-refractivity contribution in [2.75, 3.05) is 6.61 Å². The monoisotopic (exact) mass is 389 g/mol. The molecule has 5 N–H and O–H groups in total. The Kier molecular flexibility index (Phi) is 9.40. The standard InChI is InChI=1S/C6H12O6.Bi/c7-1-3(9)5(11)6(12)4(10)2-8;/h1,3-6,8-12H,2H2;/t3-,4+,5+,6+;/m0./s1. The molecule has 0 fully saturated rings. The molecule has 3 radical (unpaired) electrons. The summed E-state index contributed by atoms with van der Waals surface area (Å²) in [6, 6.07) is 0. The Morgan fingerprint density at radius 1 is 1.08 bits per heavy atom. The third-order valence-corrected chi connectivity index (χ3v) is 1.42. The number of aliphatic hydroxyl groups is 5. The van der Waals surface area contributed by atoms with Crippen LogP contribution in [0, 0.1) is 0 Å². The Morgan fingerprint density at radius 3 is 1.85 bits per heavy atom. The molecule has 0 saturated heterocycles. The van der Waals surface area contributed by atoms with Crippen LogP contribution in [0.5, 0.6) is 0 Å². The first kappa shape index (κ1) is 15.8. The van der Waals surface area contributed by atoms with Crippen molar-refractivity contribution < 1.29 is 30.3 Å². The fourth-order valence-corrected chi connectivity index (χ4v) is 0.618. The van der Waals surface area contributed by atoms with Crippen LogP contribution in [0.4, 0.5) is 0 Å². The van der Waals surface area contributed by atoms with E-state index in [4.69, 9.17) is 25.5 Å². The second-order valence-corrected chi connectivity index (χ2v) is 2.36. The SMILES string of the molecule is O=C[C@H](O)[C@@H](O)[C@H](O)[C@H](O)CO.[Bi]. The van der Waals surface area contributed by atoms with Crippen LogP contribution in [0.3, 0.4) is 0 Å². The minimum Gasteiger partial charge on any atom is -0.394 e. The van der Waals surface area contributed by atoms with Crippen LogP contribution in [0.25, 0.3) is 0 Å². The van der Waals surface area contributed by atoms with Crippen molar-refractivity contribution in [1.29, 1.82) is 0 Å². The summed E-state index contributed by atoms with van der Waals surface area (Å²) >= 11 is 0. The number of aldehydes is 1. The van der Waals surface area contributed by atoms with Crippen LogP contribution in [0.2, 0.25) is 0 Å². The number of hydrogen-bond donors (Lipinski definition) is 5. The van der Waals surface area contributed by atoms with Gasteiger partial charge in [-0.15, -0.1) is 0 Å². The van der Waals surface area contributed by atoms with E-state index in [0.29, 0.717) is 0 Å². The largest absolute Gasteiger partial charge is 0.394 e. The van der Waals surface area contributed by atoms with Gasteiger partial charge >= 0.3 is 0 Å². The molecule has 0 aliphatic rings. The fraction of sp³-hybridized carbons (Fsp3) is 0.833. The first-order chi connectivity index (χ1) is 5.54. The molecule has 0 rings (SSSR count). The molecule has 4 atom stereocenters. The van der Waals surface area contributed by atoms with Gasteiger partial charge in [-0.3, -0.25) is 0 Å². The molecule has 0 spiro atoms. The minimum atomic E-state index is -1.79. The summed E-state index contributed by atoms with van der Waals surface area (Å²) in [6.45, 7) is -0.760. The van der Waals surface area contributed by atoms with E-state index in [-0.39, 0.29) is 32.5 Å². The molecule has 0 bridgehead atoms. The third kappa shape index (κ3) is 4.95. The zero-order valence-electron chi connectivity index (χ0n) is 6.69. The van der Waals surface area contributed by atoms with Gasteiger partial charge in [0.05, 0.1) is 6.61 Å². The van der Waals surface area contributed by atoms with Gasteiger partial charge in [-0.25, -0.2) is 0 Å². The van der Waals surface area contributed by atoms with Crippen molar-refractivity contribution in [3.05, 3.63) is 0 Å². The van der Waals surface area contributed by atoms with Crippen molar-refractivity contribution in [3.63, 3.8) is 0 Å². The van der Waals surface area contributed by atoms with Crippen molar-refractivity contribution in [1.82, 2.24) is 0 Å². The summed E-state index contributed by atoms with van der Waals surface area (Å²) in [5.41, 5.74) is 0. The molecule has 6 nitrogen and oxygen atoms in total. The second-order valence-electron chi connectivity index (χ2n) is 2.36. The number of carbonyl (C=O) groups excluding carboxylic acids is 1. The molecule has 0 unspecified atom stereocenters. The van der Waals surface area contributed by atoms with Crippen LogP contribution in [0.15, 0.2) is 0 Å². The maximum atomic E-state index is 9.90. The molecule has 0 saturated carbocycles. The Morgan fingerprint density at radius 2 is 1.54 bits per heavy atom. The van der Waals surface area contributed by atoms with Gasteiger partial charge in [-0.05, 0) is 0 Å². The third-order valence-electron chi connectivity index (χ3n) is 1.42. The maximum absolute atomic E-state index is 9.90. The van der Waals surface area contributed by atoms with E-state index >= 15 is 0 Å². The second kappa shape index (κ2) is 7.73. The Balaban J connectivity index is 0. The van der Waals surface area contributed by atoms with E-state index in [1.807, 2.05) is 0 Å². The summed E-state index contributed by atoms with van der Waals surface area (Å²) in [5.74, 6) is 0. The maximum Gasteiger partial charge on any atom is 0.151 e. The molecule has 0 amide bonds. The molecule has 77 valence electrons. The predicted octanol–water partition coefficient (Wildman–Crippen LogP) is -3.76.